The summed E-state index contributed by atoms with van der Waals surface area (Å²) < 4.78 is 16.5. The van der Waals surface area contributed by atoms with E-state index in [-0.39, 0.29) is 29.6 Å². The van der Waals surface area contributed by atoms with E-state index in [0.29, 0.717) is 6.54 Å². The number of aliphatic imine (C=N–C) groups is 1. The number of methoxy groups -OCH3 is 1. The molecule has 0 aliphatic carbocycles. The molecule has 1 atom stereocenters. The number of hydrogen-bond acceptors (Lipinski definition) is 4. The first-order valence-corrected chi connectivity index (χ1v) is 9.98. The Hall–Kier alpha value is -1.74. The molecule has 0 radical (unpaired) electrons. The number of rotatable bonds is 9. The highest BCUT2D eigenvalue weighted by atomic mass is 127. The summed E-state index contributed by atoms with van der Waals surface area (Å²) in [6.45, 7) is 5.20. The van der Waals surface area contributed by atoms with Gasteiger partial charge in [0.15, 0.2) is 5.96 Å². The predicted molar refractivity (Wildman–Crippen MR) is 126 cm³/mol. The minimum Gasteiger partial charge on any atom is -0.497 e. The van der Waals surface area contributed by atoms with Gasteiger partial charge in [-0.25, -0.2) is 0 Å². The van der Waals surface area contributed by atoms with Gasteiger partial charge < -0.3 is 24.5 Å². The molecule has 0 spiro atoms. The van der Waals surface area contributed by atoms with Crippen LogP contribution in [-0.4, -0.2) is 44.9 Å². The lowest BCUT2D eigenvalue weighted by molar-refractivity contribution is 0.0283. The van der Waals surface area contributed by atoms with Crippen LogP contribution in [0, 0.1) is 0 Å². The number of furan rings is 1. The molecule has 1 saturated heterocycles. The summed E-state index contributed by atoms with van der Waals surface area (Å²) in [5, 5.41) is 6.85. The number of guanidine groups is 1. The Labute approximate surface area is 190 Å². The summed E-state index contributed by atoms with van der Waals surface area (Å²) in [4.78, 5) is 4.77. The highest BCUT2D eigenvalue weighted by molar-refractivity contribution is 14.0. The second kappa shape index (κ2) is 12.1. The number of ether oxygens (including phenoxy) is 2. The number of halogens is 1. The summed E-state index contributed by atoms with van der Waals surface area (Å²) in [6.07, 6.45) is 5.60. The number of nitrogens with zero attached hydrogens (tertiary/aromatic N) is 1. The first kappa shape index (κ1) is 23.5. The summed E-state index contributed by atoms with van der Waals surface area (Å²) in [5.41, 5.74) is 1.11. The zero-order chi connectivity index (χ0) is 19.7. The van der Waals surface area contributed by atoms with Crippen LogP contribution >= 0.6 is 24.0 Å². The van der Waals surface area contributed by atoms with Gasteiger partial charge in [-0.15, -0.1) is 24.0 Å². The second-order valence-electron chi connectivity index (χ2n) is 7.35. The molecule has 2 aromatic rings. The van der Waals surface area contributed by atoms with Crippen LogP contribution in [0.4, 0.5) is 0 Å². The lowest BCUT2D eigenvalue weighted by Gasteiger charge is -2.21. The van der Waals surface area contributed by atoms with Crippen molar-refractivity contribution in [2.45, 2.75) is 38.2 Å². The van der Waals surface area contributed by atoms with Gasteiger partial charge in [0.25, 0.3) is 0 Å². The van der Waals surface area contributed by atoms with Crippen molar-refractivity contribution in [1.82, 2.24) is 10.6 Å². The molecule has 6 nitrogen and oxygen atoms in total. The lowest BCUT2D eigenvalue weighted by Crippen LogP contribution is -2.41. The summed E-state index contributed by atoms with van der Waals surface area (Å²) in [6, 6.07) is 12.1. The Morgan fingerprint density at radius 1 is 1.14 bits per heavy atom. The molecule has 2 N–H and O–H groups in total. The van der Waals surface area contributed by atoms with E-state index in [9.17, 15) is 0 Å². The fourth-order valence-corrected chi connectivity index (χ4v) is 3.26. The Morgan fingerprint density at radius 3 is 2.52 bits per heavy atom. The van der Waals surface area contributed by atoms with E-state index in [1.54, 1.807) is 13.4 Å². The van der Waals surface area contributed by atoms with Crippen molar-refractivity contribution in [2.75, 3.05) is 33.4 Å². The van der Waals surface area contributed by atoms with E-state index < -0.39 is 0 Å². The van der Waals surface area contributed by atoms with Crippen LogP contribution in [0.1, 0.15) is 31.1 Å². The van der Waals surface area contributed by atoms with Crippen molar-refractivity contribution >= 4 is 29.9 Å². The van der Waals surface area contributed by atoms with Crippen molar-refractivity contribution in [2.24, 2.45) is 4.99 Å². The molecule has 2 heterocycles. The van der Waals surface area contributed by atoms with Crippen LogP contribution in [0.15, 0.2) is 52.1 Å². The third kappa shape index (κ3) is 7.89. The van der Waals surface area contributed by atoms with Gasteiger partial charge in [0.2, 0.25) is 0 Å². The third-order valence-electron chi connectivity index (χ3n) is 4.98. The largest absolute Gasteiger partial charge is 0.497 e. The van der Waals surface area contributed by atoms with Gasteiger partial charge >= 0.3 is 0 Å². The maximum absolute atomic E-state index is 5.86. The van der Waals surface area contributed by atoms with Crippen LogP contribution in [-0.2, 0) is 17.6 Å². The first-order valence-electron chi connectivity index (χ1n) is 9.98. The predicted octanol–water partition coefficient (Wildman–Crippen LogP) is 3.80. The van der Waals surface area contributed by atoms with E-state index in [2.05, 4.69) is 29.7 Å². The van der Waals surface area contributed by atoms with Crippen molar-refractivity contribution in [1.29, 1.82) is 0 Å². The molecule has 29 heavy (non-hydrogen) atoms. The molecular formula is C22H32IN3O3. The van der Waals surface area contributed by atoms with E-state index in [4.69, 9.17) is 18.9 Å². The fraction of sp³-hybridized carbons (Fsp3) is 0.500. The third-order valence-corrected chi connectivity index (χ3v) is 4.98. The fourth-order valence-electron chi connectivity index (χ4n) is 3.26. The lowest BCUT2D eigenvalue weighted by atomic mass is 10.0. The van der Waals surface area contributed by atoms with Crippen LogP contribution in [0.3, 0.4) is 0 Å². The van der Waals surface area contributed by atoms with Gasteiger partial charge in [-0.1, -0.05) is 12.1 Å². The zero-order valence-electron chi connectivity index (χ0n) is 17.3. The van der Waals surface area contributed by atoms with Crippen LogP contribution < -0.4 is 15.4 Å². The van der Waals surface area contributed by atoms with E-state index >= 15 is 0 Å². The molecule has 1 aromatic carbocycles. The van der Waals surface area contributed by atoms with Crippen molar-refractivity contribution in [3.05, 3.63) is 54.0 Å². The highest BCUT2D eigenvalue weighted by Gasteiger charge is 2.29. The average Bonchev–Trinajstić information content (AvgIpc) is 3.38. The minimum atomic E-state index is -0.147. The summed E-state index contributed by atoms with van der Waals surface area (Å²) >= 11 is 0. The maximum atomic E-state index is 5.86. The molecular weight excluding hydrogens is 481 g/mol. The highest BCUT2D eigenvalue weighted by Crippen LogP contribution is 2.25. The Balaban J connectivity index is 0.00000300. The molecule has 0 bridgehead atoms. The van der Waals surface area contributed by atoms with E-state index in [0.717, 1.165) is 62.8 Å². The molecule has 1 unspecified atom stereocenters. The number of nitrogens with one attached hydrogen (secondary N) is 2. The van der Waals surface area contributed by atoms with Gasteiger partial charge in [-0.3, -0.25) is 4.99 Å². The summed E-state index contributed by atoms with van der Waals surface area (Å²) in [5.74, 6) is 2.66. The number of hydrogen-bond donors (Lipinski definition) is 2. The zero-order valence-corrected chi connectivity index (χ0v) is 19.6. The quantitative estimate of drug-likeness (QED) is 0.304. The van der Waals surface area contributed by atoms with Crippen LogP contribution in [0.2, 0.25) is 0 Å². The molecule has 1 fully saturated rings. The first-order chi connectivity index (χ1) is 13.7. The maximum Gasteiger partial charge on any atom is 0.191 e. The average molecular weight is 513 g/mol. The van der Waals surface area contributed by atoms with Crippen LogP contribution in [0.25, 0.3) is 0 Å². The second-order valence-corrected chi connectivity index (χ2v) is 7.35. The molecule has 160 valence electrons. The van der Waals surface area contributed by atoms with Crippen molar-refractivity contribution in [3.63, 3.8) is 0 Å². The monoisotopic (exact) mass is 513 g/mol. The molecule has 1 aromatic heterocycles. The van der Waals surface area contributed by atoms with Crippen molar-refractivity contribution in [3.8, 4) is 5.75 Å². The van der Waals surface area contributed by atoms with Crippen LogP contribution in [0.5, 0.6) is 5.75 Å². The smallest absolute Gasteiger partial charge is 0.191 e. The molecule has 1 aliphatic rings. The van der Waals surface area contributed by atoms with Crippen molar-refractivity contribution < 1.29 is 13.9 Å². The molecule has 0 amide bonds. The van der Waals surface area contributed by atoms with Gasteiger partial charge in [-0.05, 0) is 56.0 Å². The molecule has 0 saturated carbocycles. The Kier molecular flexibility index (Phi) is 9.80. The van der Waals surface area contributed by atoms with Gasteiger partial charge in [0, 0.05) is 26.1 Å². The normalized spacial score (nSPS) is 18.9. The topological polar surface area (TPSA) is 68.0 Å². The molecule has 1 aliphatic heterocycles. The molecule has 7 heteroatoms. The summed E-state index contributed by atoms with van der Waals surface area (Å²) in [7, 11) is 1.68. The standard InChI is InChI=1S/C22H31N3O3.HI/c1-22(12-4-16-28-22)17-25-21(24-14-11-20-5-3-15-27-20)23-13-10-18-6-8-19(26-2)9-7-18;/h3,5-9,15H,4,10-14,16-17H2,1-2H3,(H2,23,24,25);1H. The Bertz CT molecular complexity index is 726. The number of benzene rings is 1. The minimum absolute atomic E-state index is 0. The van der Waals surface area contributed by atoms with Gasteiger partial charge in [0.1, 0.15) is 11.5 Å². The SMILES string of the molecule is COc1ccc(CCNC(=NCC2(C)CCCO2)NCCc2ccco2)cc1.I. The Morgan fingerprint density at radius 2 is 1.90 bits per heavy atom. The van der Waals surface area contributed by atoms with E-state index in [1.165, 1.54) is 5.56 Å². The van der Waals surface area contributed by atoms with E-state index in [1.807, 2.05) is 24.3 Å². The van der Waals surface area contributed by atoms with Gasteiger partial charge in [0.05, 0.1) is 25.5 Å². The van der Waals surface area contributed by atoms with Gasteiger partial charge in [-0.2, -0.15) is 0 Å². The molecule has 3 rings (SSSR count).